The van der Waals surface area contributed by atoms with E-state index in [1.54, 1.807) is 0 Å². The number of pyridine rings is 1. The number of carbonyl (C=O) groups is 1. The number of nitrogens with one attached hydrogen (secondary N) is 1. The van der Waals surface area contributed by atoms with Gasteiger partial charge in [-0.25, -0.2) is 0 Å². The average Bonchev–Trinajstić information content (AvgIpc) is 2.68. The Hall–Kier alpha value is -3.20. The van der Waals surface area contributed by atoms with Crippen LogP contribution in [0.2, 0.25) is 0 Å². The lowest BCUT2D eigenvalue weighted by Gasteiger charge is -2.09. The molecule has 1 aromatic heterocycles. The highest BCUT2D eigenvalue weighted by molar-refractivity contribution is 5.90. The number of nitrogens with zero attached hydrogens (tertiary/aromatic N) is 1. The SMILES string of the molecule is O=C(Cc1cccc2ccccc12)NCCc1cccc2cccnc12. The van der Waals surface area contributed by atoms with E-state index in [1.807, 2.05) is 42.6 Å². The highest BCUT2D eigenvalue weighted by Gasteiger charge is 2.07. The summed E-state index contributed by atoms with van der Waals surface area (Å²) < 4.78 is 0. The molecule has 0 aliphatic rings. The molecule has 1 N–H and O–H groups in total. The van der Waals surface area contributed by atoms with Gasteiger partial charge in [-0.15, -0.1) is 0 Å². The molecule has 0 aliphatic carbocycles. The summed E-state index contributed by atoms with van der Waals surface area (Å²) >= 11 is 0. The maximum atomic E-state index is 12.4. The second-order valence-corrected chi connectivity index (χ2v) is 6.41. The Labute approximate surface area is 152 Å². The molecule has 0 saturated heterocycles. The number of carbonyl (C=O) groups excluding carboxylic acids is 1. The predicted octanol–water partition coefficient (Wildman–Crippen LogP) is 4.29. The first kappa shape index (κ1) is 16.3. The maximum absolute atomic E-state index is 12.4. The van der Waals surface area contributed by atoms with Crippen LogP contribution in [-0.2, 0) is 17.6 Å². The van der Waals surface area contributed by atoms with Gasteiger partial charge in [0.05, 0.1) is 11.9 Å². The molecule has 1 heterocycles. The number of fused-ring (bicyclic) bond motifs is 2. The number of benzene rings is 3. The Morgan fingerprint density at radius 1 is 0.808 bits per heavy atom. The standard InChI is InChI=1S/C23H20N2O/c26-22(16-20-10-3-7-17-6-1-2-12-21(17)20)24-15-13-19-9-4-8-18-11-5-14-25-23(18)19/h1-12,14H,13,15-16H2,(H,24,26). The minimum absolute atomic E-state index is 0.0505. The van der Waals surface area contributed by atoms with Gasteiger partial charge < -0.3 is 5.32 Å². The van der Waals surface area contributed by atoms with Gasteiger partial charge >= 0.3 is 0 Å². The summed E-state index contributed by atoms with van der Waals surface area (Å²) in [6, 6.07) is 24.5. The fourth-order valence-corrected chi connectivity index (χ4v) is 3.39. The van der Waals surface area contributed by atoms with E-state index in [2.05, 4.69) is 46.7 Å². The smallest absolute Gasteiger partial charge is 0.224 e. The minimum atomic E-state index is 0.0505. The fourth-order valence-electron chi connectivity index (χ4n) is 3.39. The molecule has 128 valence electrons. The Morgan fingerprint density at radius 2 is 1.54 bits per heavy atom. The zero-order valence-corrected chi connectivity index (χ0v) is 14.5. The molecule has 4 rings (SSSR count). The van der Waals surface area contributed by atoms with Crippen molar-refractivity contribution in [1.29, 1.82) is 0 Å². The van der Waals surface area contributed by atoms with Crippen molar-refractivity contribution in [2.75, 3.05) is 6.54 Å². The molecule has 0 atom stereocenters. The first-order chi connectivity index (χ1) is 12.8. The molecule has 4 aromatic rings. The lowest BCUT2D eigenvalue weighted by Crippen LogP contribution is -2.27. The molecule has 0 unspecified atom stereocenters. The number of hydrogen-bond donors (Lipinski definition) is 1. The Kier molecular flexibility index (Phi) is 4.61. The summed E-state index contributed by atoms with van der Waals surface area (Å²) in [5.41, 5.74) is 3.24. The van der Waals surface area contributed by atoms with Crippen LogP contribution in [0.3, 0.4) is 0 Å². The molecule has 26 heavy (non-hydrogen) atoms. The third-order valence-electron chi connectivity index (χ3n) is 4.66. The van der Waals surface area contributed by atoms with E-state index in [0.29, 0.717) is 13.0 Å². The van der Waals surface area contributed by atoms with Crippen LogP contribution in [0.15, 0.2) is 79.0 Å². The fraction of sp³-hybridized carbons (Fsp3) is 0.130. The molecule has 0 fully saturated rings. The molecule has 0 aliphatic heterocycles. The monoisotopic (exact) mass is 340 g/mol. The first-order valence-corrected chi connectivity index (χ1v) is 8.87. The normalized spacial score (nSPS) is 10.9. The summed E-state index contributed by atoms with van der Waals surface area (Å²) in [6.07, 6.45) is 2.98. The topological polar surface area (TPSA) is 42.0 Å². The molecular formula is C23H20N2O. The van der Waals surface area contributed by atoms with E-state index in [0.717, 1.165) is 33.8 Å². The highest BCUT2D eigenvalue weighted by atomic mass is 16.1. The van der Waals surface area contributed by atoms with Crippen LogP contribution in [0, 0.1) is 0 Å². The van der Waals surface area contributed by atoms with Gasteiger partial charge in [0.15, 0.2) is 0 Å². The molecule has 1 amide bonds. The van der Waals surface area contributed by atoms with Gasteiger partial charge in [-0.2, -0.15) is 0 Å². The number of rotatable bonds is 5. The largest absolute Gasteiger partial charge is 0.355 e. The Morgan fingerprint density at radius 3 is 2.46 bits per heavy atom. The van der Waals surface area contributed by atoms with Gasteiger partial charge in [-0.3, -0.25) is 9.78 Å². The van der Waals surface area contributed by atoms with Gasteiger partial charge in [0.1, 0.15) is 0 Å². The van der Waals surface area contributed by atoms with E-state index < -0.39 is 0 Å². The summed E-state index contributed by atoms with van der Waals surface area (Å²) in [5, 5.41) is 6.48. The van der Waals surface area contributed by atoms with Crippen molar-refractivity contribution in [3.8, 4) is 0 Å². The van der Waals surface area contributed by atoms with E-state index in [1.165, 1.54) is 5.39 Å². The van der Waals surface area contributed by atoms with E-state index in [-0.39, 0.29) is 5.91 Å². The second-order valence-electron chi connectivity index (χ2n) is 6.41. The van der Waals surface area contributed by atoms with Gasteiger partial charge in [-0.05, 0) is 34.4 Å². The van der Waals surface area contributed by atoms with Crippen LogP contribution >= 0.6 is 0 Å². The van der Waals surface area contributed by atoms with E-state index in [9.17, 15) is 4.79 Å². The van der Waals surface area contributed by atoms with Crippen LogP contribution in [0.5, 0.6) is 0 Å². The predicted molar refractivity (Wildman–Crippen MR) is 106 cm³/mol. The van der Waals surface area contributed by atoms with Gasteiger partial charge in [-0.1, -0.05) is 66.7 Å². The molecule has 0 spiro atoms. The van der Waals surface area contributed by atoms with Crippen molar-refractivity contribution in [1.82, 2.24) is 10.3 Å². The maximum Gasteiger partial charge on any atom is 0.224 e. The van der Waals surface area contributed by atoms with Crippen molar-refractivity contribution < 1.29 is 4.79 Å². The molecule has 0 radical (unpaired) electrons. The van der Waals surface area contributed by atoms with Crippen LogP contribution in [0.25, 0.3) is 21.7 Å². The zero-order chi connectivity index (χ0) is 17.8. The molecule has 3 heteroatoms. The molecular weight excluding hydrogens is 320 g/mol. The summed E-state index contributed by atoms with van der Waals surface area (Å²) in [6.45, 7) is 0.610. The third kappa shape index (κ3) is 3.42. The van der Waals surface area contributed by atoms with Crippen LogP contribution in [0.4, 0.5) is 0 Å². The van der Waals surface area contributed by atoms with E-state index in [4.69, 9.17) is 0 Å². The first-order valence-electron chi connectivity index (χ1n) is 8.87. The molecule has 0 bridgehead atoms. The number of amides is 1. The van der Waals surface area contributed by atoms with E-state index >= 15 is 0 Å². The van der Waals surface area contributed by atoms with Crippen molar-refractivity contribution in [2.24, 2.45) is 0 Å². The van der Waals surface area contributed by atoms with Gasteiger partial charge in [0, 0.05) is 18.1 Å². The molecule has 0 saturated carbocycles. The lowest BCUT2D eigenvalue weighted by molar-refractivity contribution is -0.120. The van der Waals surface area contributed by atoms with Crippen LogP contribution < -0.4 is 5.32 Å². The average molecular weight is 340 g/mol. The van der Waals surface area contributed by atoms with Crippen LogP contribution in [-0.4, -0.2) is 17.4 Å². The lowest BCUT2D eigenvalue weighted by atomic mass is 10.0. The summed E-state index contributed by atoms with van der Waals surface area (Å²) in [4.78, 5) is 16.9. The van der Waals surface area contributed by atoms with Crippen molar-refractivity contribution in [2.45, 2.75) is 12.8 Å². The van der Waals surface area contributed by atoms with Gasteiger partial charge in [0.2, 0.25) is 5.91 Å². The zero-order valence-electron chi connectivity index (χ0n) is 14.5. The van der Waals surface area contributed by atoms with Gasteiger partial charge in [0.25, 0.3) is 0 Å². The van der Waals surface area contributed by atoms with Crippen molar-refractivity contribution >= 4 is 27.6 Å². The minimum Gasteiger partial charge on any atom is -0.355 e. The highest BCUT2D eigenvalue weighted by Crippen LogP contribution is 2.19. The second kappa shape index (κ2) is 7.36. The molecule has 3 nitrogen and oxygen atoms in total. The van der Waals surface area contributed by atoms with Crippen LogP contribution in [0.1, 0.15) is 11.1 Å². The number of para-hydroxylation sites is 1. The summed E-state index contributed by atoms with van der Waals surface area (Å²) in [7, 11) is 0. The Bertz CT molecular complexity index is 1060. The number of aromatic nitrogens is 1. The van der Waals surface area contributed by atoms with Crippen molar-refractivity contribution in [3.63, 3.8) is 0 Å². The third-order valence-corrected chi connectivity index (χ3v) is 4.66. The van der Waals surface area contributed by atoms with Crippen molar-refractivity contribution in [3.05, 3.63) is 90.1 Å². The quantitative estimate of drug-likeness (QED) is 0.589. The Balaban J connectivity index is 1.41. The molecule has 3 aromatic carbocycles. The summed E-state index contributed by atoms with van der Waals surface area (Å²) in [5.74, 6) is 0.0505. The number of hydrogen-bond acceptors (Lipinski definition) is 2.